The Morgan fingerprint density at radius 3 is 2.10 bits per heavy atom. The molecule has 0 aromatic heterocycles. The second-order valence-electron chi connectivity index (χ2n) is 12.3. The molecule has 1 aliphatic carbocycles. The van der Waals surface area contributed by atoms with Crippen LogP contribution in [0.2, 0.25) is 0 Å². The van der Waals surface area contributed by atoms with Crippen LogP contribution < -0.4 is 9.47 Å². The highest BCUT2D eigenvalue weighted by Crippen LogP contribution is 2.38. The van der Waals surface area contributed by atoms with Gasteiger partial charge in [0, 0.05) is 5.56 Å². The number of carbonyl (C=O) groups excluding carboxylic acids is 2. The monoisotopic (exact) mass is 722 g/mol. The normalized spacial score (nSPS) is 14.3. The number of hydrogen-bond donors (Lipinski definition) is 3. The van der Waals surface area contributed by atoms with E-state index in [9.17, 15) is 14.7 Å². The van der Waals surface area contributed by atoms with Crippen LogP contribution in [-0.2, 0) is 35.0 Å². The van der Waals surface area contributed by atoms with E-state index in [1.165, 1.54) is 24.8 Å². The van der Waals surface area contributed by atoms with E-state index in [1.54, 1.807) is 6.92 Å². The highest BCUT2D eigenvalue weighted by molar-refractivity contribution is 5.88. The topological polar surface area (TPSA) is 150 Å². The summed E-state index contributed by atoms with van der Waals surface area (Å²) in [6, 6.07) is 12.0. The first-order chi connectivity index (χ1) is 25.2. The van der Waals surface area contributed by atoms with Gasteiger partial charge in [0.2, 0.25) is 0 Å². The van der Waals surface area contributed by atoms with E-state index in [2.05, 4.69) is 38.3 Å². The summed E-state index contributed by atoms with van der Waals surface area (Å²) >= 11 is 0. The number of aryl methyl sites for hydroxylation is 1. The molecule has 0 saturated heterocycles. The Morgan fingerprint density at radius 2 is 1.48 bits per heavy atom. The number of benzene rings is 2. The minimum atomic E-state index is -0.903. The van der Waals surface area contributed by atoms with E-state index < -0.39 is 31.4 Å². The van der Waals surface area contributed by atoms with Crippen molar-refractivity contribution in [2.75, 3.05) is 52.9 Å². The number of rotatable bonds is 25. The van der Waals surface area contributed by atoms with Crippen molar-refractivity contribution >= 4 is 17.5 Å². The molecular weight excluding hydrogens is 668 g/mol. The summed E-state index contributed by atoms with van der Waals surface area (Å²) in [5.74, 6) is -0.00223. The second kappa shape index (κ2) is 23.3. The average Bonchev–Trinajstić information content (AvgIpc) is 3.16. The first-order valence-electron chi connectivity index (χ1n) is 17.9. The molecule has 1 aliphatic rings. The number of allylic oxidation sites excluding steroid dienone is 2. The van der Waals surface area contributed by atoms with E-state index in [0.717, 1.165) is 41.5 Å². The molecule has 2 aromatic rings. The minimum absolute atomic E-state index is 0.00217. The van der Waals surface area contributed by atoms with Crippen LogP contribution in [0.15, 0.2) is 78.9 Å². The maximum Gasteiger partial charge on any atom is 0.335 e. The Morgan fingerprint density at radius 1 is 0.827 bits per heavy atom. The number of aliphatic hydroxyl groups is 3. The molecule has 3 rings (SSSR count). The van der Waals surface area contributed by atoms with Gasteiger partial charge in [0.1, 0.15) is 37.9 Å². The van der Waals surface area contributed by atoms with Crippen LogP contribution in [-0.4, -0.2) is 92.5 Å². The zero-order chi connectivity index (χ0) is 37.7. The molecule has 2 unspecified atom stereocenters. The van der Waals surface area contributed by atoms with E-state index in [4.69, 9.17) is 38.6 Å². The summed E-state index contributed by atoms with van der Waals surface area (Å²) in [4.78, 5) is 23.4. The van der Waals surface area contributed by atoms with Crippen molar-refractivity contribution in [3.8, 4) is 22.6 Å². The van der Waals surface area contributed by atoms with Gasteiger partial charge in [0.15, 0.2) is 6.29 Å². The van der Waals surface area contributed by atoms with Gasteiger partial charge in [-0.2, -0.15) is 0 Å². The Balaban J connectivity index is 1.82. The summed E-state index contributed by atoms with van der Waals surface area (Å²) < 4.78 is 33.4. The van der Waals surface area contributed by atoms with Gasteiger partial charge in [0.05, 0.1) is 43.7 Å². The van der Waals surface area contributed by atoms with Crippen molar-refractivity contribution < 1.29 is 53.3 Å². The van der Waals surface area contributed by atoms with Crippen LogP contribution in [0.1, 0.15) is 63.5 Å². The van der Waals surface area contributed by atoms with Crippen molar-refractivity contribution in [1.29, 1.82) is 0 Å². The zero-order valence-electron chi connectivity index (χ0n) is 30.5. The fourth-order valence-corrected chi connectivity index (χ4v) is 5.35. The molecule has 11 heteroatoms. The maximum atomic E-state index is 11.7. The molecule has 0 amide bonds. The predicted molar refractivity (Wildman–Crippen MR) is 199 cm³/mol. The van der Waals surface area contributed by atoms with Crippen LogP contribution >= 0.6 is 0 Å². The molecule has 0 heterocycles. The van der Waals surface area contributed by atoms with Gasteiger partial charge in [0.25, 0.3) is 0 Å². The van der Waals surface area contributed by atoms with Crippen molar-refractivity contribution in [2.24, 2.45) is 0 Å². The van der Waals surface area contributed by atoms with Crippen LogP contribution in [0.25, 0.3) is 16.7 Å². The van der Waals surface area contributed by atoms with Crippen molar-refractivity contribution in [3.63, 3.8) is 0 Å². The van der Waals surface area contributed by atoms with Gasteiger partial charge in [-0.15, -0.1) is 0 Å². The van der Waals surface area contributed by atoms with Crippen molar-refractivity contribution in [1.82, 2.24) is 0 Å². The maximum absolute atomic E-state index is 11.7. The van der Waals surface area contributed by atoms with Crippen LogP contribution in [0.5, 0.6) is 11.5 Å². The zero-order valence-corrected chi connectivity index (χ0v) is 30.5. The molecule has 0 aliphatic heterocycles. The molecule has 284 valence electrons. The van der Waals surface area contributed by atoms with Gasteiger partial charge in [-0.3, -0.25) is 0 Å². The smallest absolute Gasteiger partial charge is 0.335 e. The third-order valence-electron chi connectivity index (χ3n) is 8.18. The molecule has 0 spiro atoms. The predicted octanol–water partition coefficient (Wildman–Crippen LogP) is 5.89. The lowest BCUT2D eigenvalue weighted by atomic mass is 9.89. The number of ether oxygens (including phenoxy) is 6. The standard InChI is InChI=1S/C41H54O11/c1-5-6-7-8-9-10-34-25-38(33-13-17-36(18-14-33)49-21-24-52-41(46)30(3)28-43)39(50-22-19-47-31(4)44)26-37(34)32-11-15-35(16-12-32)48-20-23-51-40(45)29(2)27-42/h11-17,25-26,31,36,42-44H,2-3,5-10,18-24,27-28H2,1,4H3. The molecule has 0 saturated carbocycles. The van der Waals surface area contributed by atoms with Crippen LogP contribution in [0.4, 0.5) is 0 Å². The number of esters is 2. The molecule has 3 N–H and O–H groups in total. The third kappa shape index (κ3) is 14.4. The molecule has 11 nitrogen and oxygen atoms in total. The summed E-state index contributed by atoms with van der Waals surface area (Å²) in [5, 5.41) is 27.6. The molecule has 52 heavy (non-hydrogen) atoms. The Hall–Kier alpha value is -4.26. The number of hydrogen-bond acceptors (Lipinski definition) is 11. The molecule has 0 fully saturated rings. The van der Waals surface area contributed by atoms with Crippen LogP contribution in [0, 0.1) is 0 Å². The molecule has 2 aromatic carbocycles. The van der Waals surface area contributed by atoms with Crippen LogP contribution in [0.3, 0.4) is 0 Å². The largest absolute Gasteiger partial charge is 0.491 e. The second-order valence-corrected chi connectivity index (χ2v) is 12.3. The lowest BCUT2D eigenvalue weighted by molar-refractivity contribution is -0.141. The molecule has 2 atom stereocenters. The SMILES string of the molecule is C=C(CO)C(=O)OCCOc1ccc(-c2cc(OCCOC(C)O)c(C3=CCC(OCCOC(=O)C(=C)CO)C=C3)cc2CCCCCCC)cc1. The molecule has 0 radical (unpaired) electrons. The molecular formula is C41H54O11. The number of carbonyl (C=O) groups is 2. The van der Waals surface area contributed by atoms with E-state index >= 15 is 0 Å². The quantitative estimate of drug-likeness (QED) is 0.0487. The fourth-order valence-electron chi connectivity index (χ4n) is 5.35. The Bertz CT molecular complexity index is 1510. The fraction of sp³-hybridized carbons (Fsp3) is 0.463. The molecule has 0 bridgehead atoms. The number of aliphatic hydroxyl groups excluding tert-OH is 3. The third-order valence-corrected chi connectivity index (χ3v) is 8.18. The van der Waals surface area contributed by atoms with Gasteiger partial charge < -0.3 is 43.7 Å². The summed E-state index contributed by atoms with van der Waals surface area (Å²) in [5.41, 5.74) is 5.12. The van der Waals surface area contributed by atoms with E-state index in [-0.39, 0.29) is 56.9 Å². The summed E-state index contributed by atoms with van der Waals surface area (Å²) in [7, 11) is 0. The highest BCUT2D eigenvalue weighted by atomic mass is 16.6. The minimum Gasteiger partial charge on any atom is -0.491 e. The van der Waals surface area contributed by atoms with Crippen molar-refractivity contribution in [3.05, 3.63) is 90.1 Å². The first-order valence-corrected chi connectivity index (χ1v) is 17.9. The lowest BCUT2D eigenvalue weighted by Crippen LogP contribution is -2.18. The van der Waals surface area contributed by atoms with E-state index in [0.29, 0.717) is 17.9 Å². The van der Waals surface area contributed by atoms with Gasteiger partial charge in [-0.25, -0.2) is 9.59 Å². The average molecular weight is 723 g/mol. The Kier molecular flexibility index (Phi) is 18.9. The number of unbranched alkanes of at least 4 members (excludes halogenated alkanes) is 4. The van der Waals surface area contributed by atoms with E-state index in [1.807, 2.05) is 36.4 Å². The van der Waals surface area contributed by atoms with Gasteiger partial charge in [-0.05, 0) is 72.7 Å². The van der Waals surface area contributed by atoms with Gasteiger partial charge >= 0.3 is 11.9 Å². The van der Waals surface area contributed by atoms with Gasteiger partial charge in [-0.1, -0.05) is 76.1 Å². The first kappa shape index (κ1) is 42.2. The lowest BCUT2D eigenvalue weighted by Gasteiger charge is -2.22. The Labute approximate surface area is 307 Å². The summed E-state index contributed by atoms with van der Waals surface area (Å²) in [6.07, 6.45) is 12.2. The van der Waals surface area contributed by atoms with Crippen molar-refractivity contribution in [2.45, 2.75) is 71.2 Å². The highest BCUT2D eigenvalue weighted by Gasteiger charge is 2.19. The summed E-state index contributed by atoms with van der Waals surface area (Å²) in [6.45, 7) is 10.6.